The molecule has 12 aromatic carbocycles. The molecule has 0 atom stereocenters. The lowest BCUT2D eigenvalue weighted by atomic mass is 10.1. The van der Waals surface area contributed by atoms with Gasteiger partial charge in [0, 0.05) is 66.4 Å². The van der Waals surface area contributed by atoms with Crippen molar-refractivity contribution in [3.05, 3.63) is 315 Å². The molecule has 0 saturated heterocycles. The molecule has 0 aliphatic rings. The van der Waals surface area contributed by atoms with Gasteiger partial charge in [0.25, 0.3) is 0 Å². The second kappa shape index (κ2) is 19.0. The summed E-state index contributed by atoms with van der Waals surface area (Å²) in [5.41, 5.74) is 9.37. The van der Waals surface area contributed by atoms with E-state index in [9.17, 15) is 0 Å². The lowest BCUT2D eigenvalue weighted by Crippen LogP contribution is -2.06. The molecule has 0 saturated carbocycles. The first kappa shape index (κ1) is 45.5. The minimum atomic E-state index is -2.01. The van der Waals surface area contributed by atoms with Crippen molar-refractivity contribution in [3.63, 3.8) is 0 Å². The number of nitrogens with zero attached hydrogens (tertiary/aromatic N) is 2. The summed E-state index contributed by atoms with van der Waals surface area (Å²) < 4.78 is 5.05. The van der Waals surface area contributed by atoms with E-state index in [4.69, 9.17) is 0 Å². The normalized spacial score (nSPS) is 12.4. The van der Waals surface area contributed by atoms with Crippen LogP contribution in [-0.2, 0) is 0 Å². The van der Waals surface area contributed by atoms with E-state index < -0.39 is 20.1 Å². The summed E-state index contributed by atoms with van der Waals surface area (Å²) in [6, 6.07) is 117. The third kappa shape index (κ3) is 7.13. The van der Waals surface area contributed by atoms with E-state index in [1.165, 1.54) is 82.9 Å². The van der Waals surface area contributed by atoms with Crippen molar-refractivity contribution < 1.29 is 0 Å². The number of hydrogen-bond acceptors (Lipinski definition) is 0. The van der Waals surface area contributed by atoms with Crippen LogP contribution in [0.5, 0.6) is 0 Å². The van der Waals surface area contributed by atoms with Crippen LogP contribution >= 0.6 is 20.1 Å². The Hall–Kier alpha value is -9.06. The van der Waals surface area contributed by atoms with Crippen LogP contribution in [0, 0.1) is 0 Å². The monoisotopic (exact) mass is 1010 g/mol. The fourth-order valence-corrected chi connectivity index (χ4v) is 20.0. The van der Waals surface area contributed by atoms with Crippen LogP contribution in [0.15, 0.2) is 355 Å². The fraction of sp³-hybridized carbons (Fsp3) is 0. The molecule has 0 aliphatic carbocycles. The third-order valence-corrected chi connectivity index (χ3v) is 23.0. The maximum atomic E-state index is 2.55. The molecule has 0 spiro atoms. The Kier molecular flexibility index (Phi) is 11.4. The highest BCUT2D eigenvalue weighted by atomic mass is 32.3. The number of benzene rings is 12. The van der Waals surface area contributed by atoms with Crippen molar-refractivity contribution in [2.45, 2.75) is 39.2 Å². The molecule has 14 rings (SSSR count). The second-order valence-electron chi connectivity index (χ2n) is 19.2. The number of aromatic nitrogens is 2. The Morgan fingerprint density at radius 1 is 0.224 bits per heavy atom. The highest BCUT2D eigenvalue weighted by Gasteiger charge is 2.37. The molecule has 2 aromatic heterocycles. The Labute approximate surface area is 447 Å². The van der Waals surface area contributed by atoms with E-state index in [1.807, 2.05) is 0 Å². The summed E-state index contributed by atoms with van der Waals surface area (Å²) in [5.74, 6) is 0. The number of rotatable bonds is 11. The van der Waals surface area contributed by atoms with E-state index in [1.54, 1.807) is 0 Å². The highest BCUT2D eigenvalue weighted by Crippen LogP contribution is 2.76. The van der Waals surface area contributed by atoms with E-state index in [-0.39, 0.29) is 0 Å². The van der Waals surface area contributed by atoms with Crippen molar-refractivity contribution in [1.29, 1.82) is 0 Å². The van der Waals surface area contributed by atoms with Gasteiger partial charge in [0.1, 0.15) is 0 Å². The van der Waals surface area contributed by atoms with Crippen LogP contribution in [0.4, 0.5) is 0 Å². The van der Waals surface area contributed by atoms with E-state index >= 15 is 0 Å². The molecule has 2 nitrogen and oxygen atoms in total. The van der Waals surface area contributed by atoms with Gasteiger partial charge in [0.15, 0.2) is 0 Å². The molecule has 2 heterocycles. The van der Waals surface area contributed by atoms with Gasteiger partial charge >= 0.3 is 0 Å². The largest absolute Gasteiger partial charge is 0.309 e. The van der Waals surface area contributed by atoms with Gasteiger partial charge in [-0.05, 0) is 139 Å². The molecular weight excluding hydrogens is 957 g/mol. The van der Waals surface area contributed by atoms with Gasteiger partial charge in [-0.2, -0.15) is 0 Å². The average molecular weight is 1010 g/mol. The Bertz CT molecular complexity index is 4230. The minimum absolute atomic E-state index is 1.12. The summed E-state index contributed by atoms with van der Waals surface area (Å²) in [6.07, 6.45) is 0. The number of fused-ring (bicyclic) bond motifs is 6. The predicted molar refractivity (Wildman–Crippen MR) is 321 cm³/mol. The first-order valence-electron chi connectivity index (χ1n) is 26.0. The zero-order valence-electron chi connectivity index (χ0n) is 41.7. The lowest BCUT2D eigenvalue weighted by Gasteiger charge is -2.42. The van der Waals surface area contributed by atoms with Crippen molar-refractivity contribution in [3.8, 4) is 22.5 Å². The molecule has 362 valence electrons. The molecule has 0 fully saturated rings. The van der Waals surface area contributed by atoms with Crippen LogP contribution in [0.3, 0.4) is 0 Å². The maximum Gasteiger partial charge on any atom is 0.0562 e. The molecule has 0 unspecified atom stereocenters. The quantitative estimate of drug-likeness (QED) is 0.122. The van der Waals surface area contributed by atoms with Crippen molar-refractivity contribution in [2.75, 3.05) is 0 Å². The van der Waals surface area contributed by atoms with Gasteiger partial charge in [0.05, 0.1) is 27.8 Å². The SMILES string of the molecule is c1ccc(-c2ccc(S(c3ccccc3)(c3ccccc3)c3cccc(-n4c5ccccc5c5c(-n6c7ccccc7c7c(S(c8ccccc8)(c8ccccc8)c8ccccc8)cccc76)cccc54)c3)cc2)cc1. The Morgan fingerprint density at radius 3 is 1.13 bits per heavy atom. The molecule has 4 heteroatoms. The van der Waals surface area contributed by atoms with Gasteiger partial charge in [-0.25, -0.2) is 0 Å². The molecule has 0 N–H and O–H groups in total. The van der Waals surface area contributed by atoms with Crippen molar-refractivity contribution in [1.82, 2.24) is 9.13 Å². The van der Waals surface area contributed by atoms with Crippen LogP contribution in [-0.4, -0.2) is 9.13 Å². The van der Waals surface area contributed by atoms with Crippen LogP contribution < -0.4 is 0 Å². The number of hydrogen-bond donors (Lipinski definition) is 0. The Balaban J connectivity index is 1.02. The van der Waals surface area contributed by atoms with Gasteiger partial charge in [-0.15, -0.1) is 20.1 Å². The molecule has 14 aromatic rings. The van der Waals surface area contributed by atoms with E-state index in [0.29, 0.717) is 0 Å². The van der Waals surface area contributed by atoms with Crippen LogP contribution in [0.2, 0.25) is 0 Å². The number of para-hydroxylation sites is 2. The van der Waals surface area contributed by atoms with Crippen LogP contribution in [0.25, 0.3) is 66.1 Å². The Morgan fingerprint density at radius 2 is 0.592 bits per heavy atom. The lowest BCUT2D eigenvalue weighted by molar-refractivity contribution is 1.14. The zero-order chi connectivity index (χ0) is 50.5. The fourth-order valence-electron chi connectivity index (χ4n) is 12.0. The second-order valence-corrected chi connectivity index (χ2v) is 25.4. The summed E-state index contributed by atoms with van der Waals surface area (Å²) in [6.45, 7) is 0. The maximum absolute atomic E-state index is 2.55. The molecule has 76 heavy (non-hydrogen) atoms. The molecule has 0 radical (unpaired) electrons. The van der Waals surface area contributed by atoms with Gasteiger partial charge in [-0.1, -0.05) is 188 Å². The molecule has 0 bridgehead atoms. The summed E-state index contributed by atoms with van der Waals surface area (Å²) in [4.78, 5) is 10.4. The predicted octanol–water partition coefficient (Wildman–Crippen LogP) is 20.2. The van der Waals surface area contributed by atoms with Crippen molar-refractivity contribution in [2.24, 2.45) is 0 Å². The highest BCUT2D eigenvalue weighted by molar-refractivity contribution is 8.34. The van der Waals surface area contributed by atoms with Gasteiger partial charge in [-0.3, -0.25) is 0 Å². The zero-order valence-corrected chi connectivity index (χ0v) is 43.4. The summed E-state index contributed by atoms with van der Waals surface area (Å²) >= 11 is 0. The van der Waals surface area contributed by atoms with Gasteiger partial charge in [0.2, 0.25) is 0 Å². The summed E-state index contributed by atoms with van der Waals surface area (Å²) in [5, 5.41) is 4.93. The molecule has 0 amide bonds. The third-order valence-electron chi connectivity index (χ3n) is 15.1. The molecule has 0 aliphatic heterocycles. The van der Waals surface area contributed by atoms with Crippen LogP contribution in [0.1, 0.15) is 0 Å². The first-order valence-corrected chi connectivity index (χ1v) is 29.2. The first-order chi connectivity index (χ1) is 37.7. The van der Waals surface area contributed by atoms with Crippen molar-refractivity contribution >= 4 is 63.7 Å². The van der Waals surface area contributed by atoms with E-state index in [2.05, 4.69) is 325 Å². The average Bonchev–Trinajstić information content (AvgIpc) is 4.04. The summed E-state index contributed by atoms with van der Waals surface area (Å²) in [7, 11) is -4.03. The smallest absolute Gasteiger partial charge is 0.0562 e. The van der Waals surface area contributed by atoms with E-state index in [0.717, 1.165) is 22.4 Å². The standard InChI is InChI=1S/C72H52N2S2/c1-7-26-53(27-8-1)54-48-50-61(51-49-54)75(56-29-9-2-10-30-56,57-31-11-3-12-32-57)62-39-23-28-55(52-62)73-65-42-21-19-40-63(65)71-67(73)44-24-45-68(71)74-66-43-22-20-41-64(66)72-69(74)46-25-47-70(72)76(58-33-13-4-14-34-58,59-35-15-5-16-36-59)60-37-17-6-18-38-60/h1-52H. The topological polar surface area (TPSA) is 9.86 Å². The molecular formula is C72H52N2S2. The van der Waals surface area contributed by atoms with Gasteiger partial charge < -0.3 is 9.13 Å². The minimum Gasteiger partial charge on any atom is -0.309 e.